The van der Waals surface area contributed by atoms with Gasteiger partial charge in [0.15, 0.2) is 0 Å². The van der Waals surface area contributed by atoms with E-state index in [2.05, 4.69) is 16.0 Å². The number of pyridine rings is 1. The maximum Gasteiger partial charge on any atom is 0.490 e. The van der Waals surface area contributed by atoms with E-state index >= 15 is 0 Å². The van der Waals surface area contributed by atoms with Crippen LogP contribution in [-0.4, -0.2) is 95.4 Å². The average molecular weight is 595 g/mol. The molecule has 1 aromatic heterocycles. The molecule has 2 N–H and O–H groups in total. The van der Waals surface area contributed by atoms with E-state index in [0.29, 0.717) is 19.8 Å². The van der Waals surface area contributed by atoms with Gasteiger partial charge in [0, 0.05) is 37.7 Å². The number of rotatable bonds is 3. The van der Waals surface area contributed by atoms with Crippen LogP contribution < -0.4 is 4.90 Å². The molecule has 2 aromatic rings. The maximum atomic E-state index is 12.5. The summed E-state index contributed by atoms with van der Waals surface area (Å²) in [5.41, 5.74) is 2.74. The van der Waals surface area contributed by atoms with Crippen LogP contribution in [-0.2, 0) is 30.4 Å². The number of aromatic nitrogens is 1. The Balaban J connectivity index is 0.000000349. The Hall–Kier alpha value is -3.76. The molecule has 2 aliphatic rings. The Morgan fingerprint density at radius 1 is 1.00 bits per heavy atom. The standard InChI is InChI=1S/C21H25N3O3.2C2HF3O2/c1-17-4-6-19(7-5-17)24-15-21(27-13-20(24)25)14-23(9-10-26-16-21)12-18-3-2-8-22-11-18;2*3-2(4,5)1(6)7/h2-8,11H,9-10,12-16H2,1H3;2*(H,6,7). The number of benzene rings is 1. The lowest BCUT2D eigenvalue weighted by atomic mass is 10.0. The Bertz CT molecular complexity index is 1140. The number of aliphatic carboxylic acids is 2. The lowest BCUT2D eigenvalue weighted by Gasteiger charge is -2.43. The molecular formula is C25H27F6N3O7. The minimum Gasteiger partial charge on any atom is -0.475 e. The van der Waals surface area contributed by atoms with Crippen molar-refractivity contribution in [3.63, 3.8) is 0 Å². The van der Waals surface area contributed by atoms with Crippen LogP contribution >= 0.6 is 0 Å². The fourth-order valence-corrected chi connectivity index (χ4v) is 3.73. The molecule has 1 amide bonds. The van der Waals surface area contributed by atoms with Crippen LogP contribution in [0.2, 0.25) is 0 Å². The summed E-state index contributed by atoms with van der Waals surface area (Å²) < 4.78 is 75.4. The predicted octanol–water partition coefficient (Wildman–Crippen LogP) is 3.29. The van der Waals surface area contributed by atoms with E-state index in [9.17, 15) is 31.1 Å². The number of hydrogen-bond donors (Lipinski definition) is 2. The van der Waals surface area contributed by atoms with Gasteiger partial charge in [-0.05, 0) is 30.7 Å². The summed E-state index contributed by atoms with van der Waals surface area (Å²) in [5, 5.41) is 14.2. The van der Waals surface area contributed by atoms with E-state index in [4.69, 9.17) is 29.3 Å². The molecule has 2 aliphatic heterocycles. The molecule has 0 saturated carbocycles. The van der Waals surface area contributed by atoms with E-state index in [-0.39, 0.29) is 12.5 Å². The zero-order valence-electron chi connectivity index (χ0n) is 21.6. The zero-order valence-corrected chi connectivity index (χ0v) is 21.6. The van der Waals surface area contributed by atoms with Crippen LogP contribution in [0.1, 0.15) is 11.1 Å². The number of nitrogens with zero attached hydrogens (tertiary/aromatic N) is 3. The Kier molecular flexibility index (Phi) is 11.6. The van der Waals surface area contributed by atoms with Crippen LogP contribution in [0.4, 0.5) is 32.0 Å². The van der Waals surface area contributed by atoms with Crippen LogP contribution in [0.15, 0.2) is 48.8 Å². The van der Waals surface area contributed by atoms with Gasteiger partial charge in [-0.1, -0.05) is 23.8 Å². The number of morpholine rings is 1. The number of ether oxygens (including phenoxy) is 2. The molecule has 0 radical (unpaired) electrons. The van der Waals surface area contributed by atoms with Crippen molar-refractivity contribution in [1.82, 2.24) is 9.88 Å². The van der Waals surface area contributed by atoms with Crippen LogP contribution in [0.3, 0.4) is 0 Å². The molecular weight excluding hydrogens is 568 g/mol. The van der Waals surface area contributed by atoms with E-state index in [1.165, 1.54) is 5.56 Å². The number of hydrogen-bond acceptors (Lipinski definition) is 7. The summed E-state index contributed by atoms with van der Waals surface area (Å²) in [7, 11) is 0. The van der Waals surface area contributed by atoms with Crippen LogP contribution in [0.25, 0.3) is 0 Å². The number of carbonyl (C=O) groups is 3. The van der Waals surface area contributed by atoms with Gasteiger partial charge in [-0.2, -0.15) is 26.3 Å². The molecule has 1 spiro atoms. The zero-order chi connectivity index (χ0) is 30.8. The number of carbonyl (C=O) groups excluding carboxylic acids is 1. The molecule has 4 rings (SSSR count). The smallest absolute Gasteiger partial charge is 0.475 e. The number of carboxylic acid groups (broad SMARTS) is 2. The molecule has 226 valence electrons. The van der Waals surface area contributed by atoms with Crippen LogP contribution in [0, 0.1) is 6.92 Å². The fraction of sp³-hybridized carbons (Fsp3) is 0.440. The third kappa shape index (κ3) is 11.0. The molecule has 1 unspecified atom stereocenters. The van der Waals surface area contributed by atoms with Gasteiger partial charge in [0.1, 0.15) is 12.2 Å². The summed E-state index contributed by atoms with van der Waals surface area (Å²) in [6, 6.07) is 12.1. The first-order valence-corrected chi connectivity index (χ1v) is 11.8. The van der Waals surface area contributed by atoms with Crippen molar-refractivity contribution in [3.8, 4) is 0 Å². The summed E-state index contributed by atoms with van der Waals surface area (Å²) in [4.78, 5) is 38.7. The van der Waals surface area contributed by atoms with Crippen molar-refractivity contribution in [2.45, 2.75) is 31.4 Å². The fourth-order valence-electron chi connectivity index (χ4n) is 3.73. The predicted molar refractivity (Wildman–Crippen MR) is 130 cm³/mol. The second-order valence-electron chi connectivity index (χ2n) is 9.02. The maximum absolute atomic E-state index is 12.5. The average Bonchev–Trinajstić information content (AvgIpc) is 3.08. The molecule has 41 heavy (non-hydrogen) atoms. The number of alkyl halides is 6. The van der Waals surface area contributed by atoms with Gasteiger partial charge in [-0.15, -0.1) is 0 Å². The number of halogens is 6. The molecule has 1 atom stereocenters. The Morgan fingerprint density at radius 2 is 1.59 bits per heavy atom. The van der Waals surface area contributed by atoms with Gasteiger partial charge in [0.2, 0.25) is 0 Å². The van der Waals surface area contributed by atoms with Crippen molar-refractivity contribution in [1.29, 1.82) is 0 Å². The number of aryl methyl sites for hydroxylation is 1. The van der Waals surface area contributed by atoms with E-state index in [1.54, 1.807) is 6.20 Å². The molecule has 2 saturated heterocycles. The summed E-state index contributed by atoms with van der Waals surface area (Å²) in [6.45, 7) is 6.12. The third-order valence-corrected chi connectivity index (χ3v) is 5.64. The van der Waals surface area contributed by atoms with Gasteiger partial charge in [-0.25, -0.2) is 9.59 Å². The minimum absolute atomic E-state index is 0.00691. The highest BCUT2D eigenvalue weighted by Crippen LogP contribution is 2.28. The van der Waals surface area contributed by atoms with Crippen molar-refractivity contribution >= 4 is 23.5 Å². The molecule has 3 heterocycles. The van der Waals surface area contributed by atoms with Crippen molar-refractivity contribution < 1.29 is 60.4 Å². The largest absolute Gasteiger partial charge is 0.490 e. The van der Waals surface area contributed by atoms with Gasteiger partial charge >= 0.3 is 24.3 Å². The number of carboxylic acids is 2. The summed E-state index contributed by atoms with van der Waals surface area (Å²) in [6.07, 6.45) is -6.49. The van der Waals surface area contributed by atoms with E-state index in [0.717, 1.165) is 30.9 Å². The molecule has 0 bridgehead atoms. The van der Waals surface area contributed by atoms with E-state index in [1.807, 2.05) is 48.4 Å². The summed E-state index contributed by atoms with van der Waals surface area (Å²) in [5.74, 6) is -5.52. The second-order valence-corrected chi connectivity index (χ2v) is 9.02. The van der Waals surface area contributed by atoms with Gasteiger partial charge in [0.25, 0.3) is 5.91 Å². The van der Waals surface area contributed by atoms with Gasteiger partial charge < -0.3 is 24.6 Å². The van der Waals surface area contributed by atoms with Crippen molar-refractivity contribution in [2.75, 3.05) is 44.4 Å². The first-order valence-electron chi connectivity index (χ1n) is 11.8. The Labute approximate surface area is 230 Å². The number of anilines is 1. The molecule has 0 aliphatic carbocycles. The van der Waals surface area contributed by atoms with Crippen LogP contribution in [0.5, 0.6) is 0 Å². The van der Waals surface area contributed by atoms with Crippen molar-refractivity contribution in [3.05, 3.63) is 59.9 Å². The highest BCUT2D eigenvalue weighted by atomic mass is 19.4. The Morgan fingerprint density at radius 3 is 2.10 bits per heavy atom. The topological polar surface area (TPSA) is 130 Å². The lowest BCUT2D eigenvalue weighted by Crippen LogP contribution is -2.60. The summed E-state index contributed by atoms with van der Waals surface area (Å²) >= 11 is 0. The van der Waals surface area contributed by atoms with Crippen molar-refractivity contribution in [2.24, 2.45) is 0 Å². The normalized spacial score (nSPS) is 19.8. The van der Waals surface area contributed by atoms with E-state index < -0.39 is 29.9 Å². The molecule has 16 heteroatoms. The lowest BCUT2D eigenvalue weighted by molar-refractivity contribution is -0.193. The first kappa shape index (κ1) is 33.4. The second kappa shape index (κ2) is 14.2. The number of amides is 1. The first-order chi connectivity index (χ1) is 19.0. The third-order valence-electron chi connectivity index (χ3n) is 5.64. The molecule has 10 nitrogen and oxygen atoms in total. The highest BCUT2D eigenvalue weighted by molar-refractivity contribution is 5.95. The van der Waals surface area contributed by atoms with Gasteiger partial charge in [0.05, 0.1) is 19.8 Å². The van der Waals surface area contributed by atoms with Gasteiger partial charge in [-0.3, -0.25) is 14.7 Å². The molecule has 1 aromatic carbocycles. The highest BCUT2D eigenvalue weighted by Gasteiger charge is 2.43. The quantitative estimate of drug-likeness (QED) is 0.514. The minimum atomic E-state index is -5.08. The molecule has 2 fully saturated rings. The monoisotopic (exact) mass is 595 g/mol. The SMILES string of the molecule is Cc1ccc(N2CC3(COCCN(Cc4cccnc4)C3)OCC2=O)cc1.O=C(O)C(F)(F)F.O=C(O)C(F)(F)F.